The standard InChI is InChI=1S/C30H38N6O2.C25H26F3N5O2.ClH/c1-30(2)20-34-26-18-23(6-7-25(26)30)35-29(37)24-5-4-12-32-28(24)33-19-22-8-13-31-27(17-22)38-16-11-21-9-14-36(3)15-10-21;26-25(27,28)21-6-5-19(16-22(21)35-15-14-33-12-1-2-13-33)32-24(34)20-4-3-9-30-23(20)31-17-18-7-10-29-11-8-18;/h4-8,12-13,17-18,21,34H,9-11,14-16,19-20H2,1-3H3,(H,32,33)(H,35,37);3-11,16H,1-2,12-15,17H2,(H,30,31)(H,32,34);1H. The fraction of sp³-hybridized carbons (Fsp3) is 0.382. The Balaban J connectivity index is 0.000000214. The number of pyridine rings is 4. The highest BCUT2D eigenvalue weighted by Gasteiger charge is 2.35. The summed E-state index contributed by atoms with van der Waals surface area (Å²) in [5.41, 5.74) is 5.22. The molecule has 0 radical (unpaired) electrons. The van der Waals surface area contributed by atoms with Crippen molar-refractivity contribution in [1.82, 2.24) is 29.7 Å². The number of likely N-dealkylation sites (tertiary alicyclic amines) is 2. The lowest BCUT2D eigenvalue weighted by atomic mass is 9.87. The zero-order valence-corrected chi connectivity index (χ0v) is 42.8. The summed E-state index contributed by atoms with van der Waals surface area (Å²) in [4.78, 5) is 47.6. The van der Waals surface area contributed by atoms with Crippen molar-refractivity contribution in [2.45, 2.75) is 70.6 Å². The normalized spacial score (nSPS) is 15.3. The van der Waals surface area contributed by atoms with Crippen molar-refractivity contribution in [3.63, 3.8) is 0 Å². The molecular weight excluding hydrogens is 971 g/mol. The van der Waals surface area contributed by atoms with E-state index < -0.39 is 17.6 Å². The van der Waals surface area contributed by atoms with Gasteiger partial charge >= 0.3 is 6.18 Å². The number of carbonyl (C=O) groups is 2. The second-order valence-corrected chi connectivity index (χ2v) is 19.3. The monoisotopic (exact) mass is 1040 g/mol. The highest BCUT2D eigenvalue weighted by atomic mass is 35.5. The lowest BCUT2D eigenvalue weighted by Gasteiger charge is -2.28. The minimum absolute atomic E-state index is 0. The number of piperidine rings is 1. The van der Waals surface area contributed by atoms with Gasteiger partial charge in [-0.15, -0.1) is 12.4 Å². The molecule has 15 nitrogen and oxygen atoms in total. The second-order valence-electron chi connectivity index (χ2n) is 19.3. The summed E-state index contributed by atoms with van der Waals surface area (Å²) in [6, 6.07) is 23.7. The SMILES string of the molecule is CN1CCC(CCOc2cc(CNc3ncccc3C(=O)Nc3ccc4c(c3)NCC4(C)C)ccn2)CC1.Cl.O=C(Nc1ccc(C(F)(F)F)c(OCCN2CCCC2)c1)c1cccnc1NCc1ccncc1. The second kappa shape index (κ2) is 25.8. The number of hydrogen-bond donors (Lipinski definition) is 5. The third-order valence-electron chi connectivity index (χ3n) is 13.3. The lowest BCUT2D eigenvalue weighted by Crippen LogP contribution is -2.30. The molecule has 6 aromatic rings. The van der Waals surface area contributed by atoms with Crippen molar-refractivity contribution in [2.24, 2.45) is 5.92 Å². The molecule has 392 valence electrons. The fourth-order valence-corrected chi connectivity index (χ4v) is 9.06. The molecule has 74 heavy (non-hydrogen) atoms. The highest BCUT2D eigenvalue weighted by molar-refractivity contribution is 6.08. The number of halogens is 4. The number of alkyl halides is 3. The maximum absolute atomic E-state index is 13.5. The van der Waals surface area contributed by atoms with E-state index >= 15 is 0 Å². The van der Waals surface area contributed by atoms with Gasteiger partial charge in [-0.25, -0.2) is 15.0 Å². The van der Waals surface area contributed by atoms with Gasteiger partial charge in [-0.05, 0) is 155 Å². The quantitative estimate of drug-likeness (QED) is 0.0552. The van der Waals surface area contributed by atoms with Crippen molar-refractivity contribution in [2.75, 3.05) is 86.1 Å². The third kappa shape index (κ3) is 15.3. The molecular formula is C55H65ClF3N11O4. The van der Waals surface area contributed by atoms with Gasteiger partial charge in [0.1, 0.15) is 24.0 Å². The Morgan fingerprint density at radius 1 is 0.730 bits per heavy atom. The number of aromatic nitrogens is 4. The average molecular weight is 1040 g/mol. The van der Waals surface area contributed by atoms with Crippen LogP contribution in [0.5, 0.6) is 11.6 Å². The number of fused-ring (bicyclic) bond motifs is 1. The van der Waals surface area contributed by atoms with E-state index in [-0.39, 0.29) is 47.3 Å². The van der Waals surface area contributed by atoms with Crippen LogP contribution in [-0.2, 0) is 24.7 Å². The smallest absolute Gasteiger partial charge is 0.419 e. The van der Waals surface area contributed by atoms with Crippen LogP contribution in [0.3, 0.4) is 0 Å². The number of amides is 2. The van der Waals surface area contributed by atoms with Crippen molar-refractivity contribution >= 4 is 52.9 Å². The summed E-state index contributed by atoms with van der Waals surface area (Å²) in [6.07, 6.45) is 9.46. The number of hydrogen-bond acceptors (Lipinski definition) is 13. The molecule has 19 heteroatoms. The Hall–Kier alpha value is -7.02. The Bertz CT molecular complexity index is 2790. The number of nitrogens with one attached hydrogen (secondary N) is 5. The molecule has 2 aromatic carbocycles. The van der Waals surface area contributed by atoms with E-state index in [1.165, 1.54) is 43.6 Å². The van der Waals surface area contributed by atoms with Gasteiger partial charge < -0.3 is 41.0 Å². The Morgan fingerprint density at radius 2 is 1.35 bits per heavy atom. The molecule has 0 atom stereocenters. The van der Waals surface area contributed by atoms with Crippen LogP contribution in [0.2, 0.25) is 0 Å². The summed E-state index contributed by atoms with van der Waals surface area (Å²) >= 11 is 0. The van der Waals surface area contributed by atoms with Gasteiger partial charge in [0, 0.05) is 91.8 Å². The number of nitrogens with zero attached hydrogens (tertiary/aromatic N) is 6. The highest BCUT2D eigenvalue weighted by Crippen LogP contribution is 2.39. The largest absolute Gasteiger partial charge is 0.492 e. The molecule has 9 rings (SSSR count). The van der Waals surface area contributed by atoms with Crippen molar-refractivity contribution in [3.05, 3.63) is 149 Å². The molecule has 0 bridgehead atoms. The molecule has 7 heterocycles. The zero-order valence-electron chi connectivity index (χ0n) is 42.0. The van der Waals surface area contributed by atoms with Crippen LogP contribution in [0.25, 0.3) is 0 Å². The van der Waals surface area contributed by atoms with Crippen LogP contribution < -0.4 is 36.1 Å². The molecule has 0 saturated carbocycles. The fourth-order valence-electron chi connectivity index (χ4n) is 9.06. The number of anilines is 5. The molecule has 3 aliphatic heterocycles. The van der Waals surface area contributed by atoms with Crippen molar-refractivity contribution < 1.29 is 32.2 Å². The van der Waals surface area contributed by atoms with Crippen molar-refractivity contribution in [3.8, 4) is 11.6 Å². The maximum atomic E-state index is 13.5. The molecule has 2 saturated heterocycles. The molecule has 2 amide bonds. The third-order valence-corrected chi connectivity index (χ3v) is 13.3. The first-order valence-corrected chi connectivity index (χ1v) is 24.9. The summed E-state index contributed by atoms with van der Waals surface area (Å²) < 4.78 is 52.0. The van der Waals surface area contributed by atoms with Crippen LogP contribution in [-0.4, -0.2) is 101 Å². The van der Waals surface area contributed by atoms with E-state index in [2.05, 4.69) is 83.3 Å². The predicted octanol–water partition coefficient (Wildman–Crippen LogP) is 10.4. The number of benzene rings is 2. The summed E-state index contributed by atoms with van der Waals surface area (Å²) in [5, 5.41) is 15.5. The van der Waals surface area contributed by atoms with Gasteiger partial charge in [0.15, 0.2) is 0 Å². The van der Waals surface area contributed by atoms with Crippen LogP contribution in [0.1, 0.15) is 88.9 Å². The van der Waals surface area contributed by atoms with Gasteiger partial charge in [-0.2, -0.15) is 13.2 Å². The molecule has 0 aliphatic carbocycles. The number of carbonyl (C=O) groups excluding carboxylic acids is 2. The first-order valence-electron chi connectivity index (χ1n) is 24.9. The van der Waals surface area contributed by atoms with Gasteiger partial charge in [-0.1, -0.05) is 19.9 Å². The minimum Gasteiger partial charge on any atom is -0.492 e. The predicted molar refractivity (Wildman–Crippen MR) is 286 cm³/mol. The summed E-state index contributed by atoms with van der Waals surface area (Å²) in [7, 11) is 2.18. The van der Waals surface area contributed by atoms with E-state index in [0.717, 1.165) is 73.4 Å². The van der Waals surface area contributed by atoms with E-state index in [1.807, 2.05) is 36.4 Å². The van der Waals surface area contributed by atoms with Crippen LogP contribution >= 0.6 is 12.4 Å². The van der Waals surface area contributed by atoms with Gasteiger partial charge in [0.05, 0.1) is 23.3 Å². The van der Waals surface area contributed by atoms with Gasteiger partial charge in [0.25, 0.3) is 11.8 Å². The van der Waals surface area contributed by atoms with Gasteiger partial charge in [-0.3, -0.25) is 19.5 Å². The molecule has 0 spiro atoms. The number of ether oxygens (including phenoxy) is 2. The van der Waals surface area contributed by atoms with E-state index in [4.69, 9.17) is 9.47 Å². The van der Waals surface area contributed by atoms with E-state index in [1.54, 1.807) is 55.2 Å². The molecule has 4 aromatic heterocycles. The molecule has 2 fully saturated rings. The molecule has 3 aliphatic rings. The van der Waals surface area contributed by atoms with Crippen molar-refractivity contribution in [1.29, 1.82) is 0 Å². The Kier molecular flexibility index (Phi) is 19.1. The summed E-state index contributed by atoms with van der Waals surface area (Å²) in [6.45, 7) is 11.8. The van der Waals surface area contributed by atoms with Crippen LogP contribution in [0, 0.1) is 5.92 Å². The topological polar surface area (TPSA) is 171 Å². The Morgan fingerprint density at radius 3 is 2.01 bits per heavy atom. The summed E-state index contributed by atoms with van der Waals surface area (Å²) in [5.74, 6) is 1.23. The average Bonchev–Trinajstić information content (AvgIpc) is 4.02. The minimum atomic E-state index is -4.57. The van der Waals surface area contributed by atoms with Crippen LogP contribution in [0.4, 0.5) is 41.9 Å². The van der Waals surface area contributed by atoms with E-state index in [9.17, 15) is 22.8 Å². The Labute approximate surface area is 436 Å². The maximum Gasteiger partial charge on any atom is 0.419 e. The first kappa shape index (κ1) is 54.7. The molecule has 0 unspecified atom stereocenters. The van der Waals surface area contributed by atoms with E-state index in [0.29, 0.717) is 49.3 Å². The zero-order chi connectivity index (χ0) is 51.2. The number of rotatable bonds is 18. The van der Waals surface area contributed by atoms with Crippen LogP contribution in [0.15, 0.2) is 116 Å². The lowest BCUT2D eigenvalue weighted by molar-refractivity contribution is -0.139. The molecule has 5 N–H and O–H groups in total. The first-order chi connectivity index (χ1) is 35.3. The van der Waals surface area contributed by atoms with Gasteiger partial charge in [0.2, 0.25) is 5.88 Å².